The van der Waals surface area contributed by atoms with E-state index in [0.717, 1.165) is 11.1 Å². The number of benzene rings is 3. The molecule has 0 atom stereocenters. The highest BCUT2D eigenvalue weighted by atomic mass is 31.2. The van der Waals surface area contributed by atoms with Crippen LogP contribution in [0.25, 0.3) is 16.9 Å². The number of rotatable bonds is 11. The molecule has 264 valence electrons. The van der Waals surface area contributed by atoms with Gasteiger partial charge in [0.2, 0.25) is 5.91 Å². The van der Waals surface area contributed by atoms with Gasteiger partial charge in [0, 0.05) is 18.7 Å². The molecule has 2 N–H and O–H groups in total. The zero-order valence-corrected chi connectivity index (χ0v) is 29.3. The summed E-state index contributed by atoms with van der Waals surface area (Å²) in [6.45, 7) is 5.71. The maximum atomic E-state index is 14.2. The third-order valence-electron chi connectivity index (χ3n) is 7.64. The molecule has 0 unspecified atom stereocenters. The fraction of sp³-hybridized carbons (Fsp3) is 0.250. The third kappa shape index (κ3) is 8.97. The van der Waals surface area contributed by atoms with Crippen LogP contribution < -0.4 is 15.2 Å². The third-order valence-corrected chi connectivity index (χ3v) is 8.95. The van der Waals surface area contributed by atoms with E-state index in [1.54, 1.807) is 62.2 Å². The number of anilines is 2. The molecule has 3 heterocycles. The van der Waals surface area contributed by atoms with Crippen LogP contribution in [0, 0.1) is 0 Å². The highest BCUT2D eigenvalue weighted by Gasteiger charge is 2.33. The summed E-state index contributed by atoms with van der Waals surface area (Å²) in [5, 5.41) is 12.9. The molecule has 1 saturated heterocycles. The molecule has 6 rings (SSSR count). The Balaban J connectivity index is 1.22. The maximum absolute atomic E-state index is 14.2. The molecule has 5 aromatic rings. The predicted octanol–water partition coefficient (Wildman–Crippen LogP) is 6.42. The molecular formula is C36H38N7O7P. The SMILES string of the molecule is CC(C)(C)OC(=O)N1CCN(c2cnn(-c3cc(-c4ccccc4OP(=O)(OCc4ccccc4)OCc4ccccc4)nnc3N)c2)C(=O)C1. The van der Waals surface area contributed by atoms with Crippen molar-refractivity contribution in [1.29, 1.82) is 0 Å². The maximum Gasteiger partial charge on any atom is 0.530 e. The molecule has 51 heavy (non-hydrogen) atoms. The summed E-state index contributed by atoms with van der Waals surface area (Å²) in [5.41, 5.74) is 8.84. The summed E-state index contributed by atoms with van der Waals surface area (Å²) in [4.78, 5) is 28.5. The first-order chi connectivity index (χ1) is 24.5. The molecule has 0 radical (unpaired) electrons. The first-order valence-corrected chi connectivity index (χ1v) is 17.6. The molecule has 0 saturated carbocycles. The van der Waals surface area contributed by atoms with Gasteiger partial charge in [0.25, 0.3) is 0 Å². The van der Waals surface area contributed by atoms with Crippen LogP contribution in [0.15, 0.2) is 103 Å². The number of nitrogen functional groups attached to an aromatic ring is 1. The minimum atomic E-state index is -4.20. The Hall–Kier alpha value is -5.56. The van der Waals surface area contributed by atoms with E-state index in [2.05, 4.69) is 15.3 Å². The first kappa shape index (κ1) is 35.3. The lowest BCUT2D eigenvalue weighted by atomic mass is 10.1. The van der Waals surface area contributed by atoms with E-state index in [1.165, 1.54) is 15.8 Å². The van der Waals surface area contributed by atoms with Crippen LogP contribution in [0.1, 0.15) is 31.9 Å². The van der Waals surface area contributed by atoms with Crippen LogP contribution in [0.5, 0.6) is 5.75 Å². The monoisotopic (exact) mass is 711 g/mol. The number of ether oxygens (including phenoxy) is 1. The van der Waals surface area contributed by atoms with Gasteiger partial charge in [-0.2, -0.15) is 5.10 Å². The topological polar surface area (TPSA) is 164 Å². The first-order valence-electron chi connectivity index (χ1n) is 16.2. The molecule has 3 aromatic carbocycles. The number of carbonyl (C=O) groups is 2. The van der Waals surface area contributed by atoms with E-state index in [1.807, 2.05) is 60.7 Å². The number of aromatic nitrogens is 4. The summed E-state index contributed by atoms with van der Waals surface area (Å²) in [6, 6.07) is 27.1. The number of carbonyl (C=O) groups excluding carboxylic acids is 2. The number of hydrogen-bond acceptors (Lipinski definition) is 11. The van der Waals surface area contributed by atoms with Crippen LogP contribution in [-0.2, 0) is 36.4 Å². The number of para-hydroxylation sites is 1. The van der Waals surface area contributed by atoms with Crippen LogP contribution in [0.4, 0.5) is 16.3 Å². The van der Waals surface area contributed by atoms with Gasteiger partial charge in [-0.3, -0.25) is 18.7 Å². The average molecular weight is 712 g/mol. The molecule has 2 aromatic heterocycles. The van der Waals surface area contributed by atoms with Crippen LogP contribution in [0.3, 0.4) is 0 Å². The van der Waals surface area contributed by atoms with E-state index >= 15 is 0 Å². The predicted molar refractivity (Wildman–Crippen MR) is 190 cm³/mol. The second-order valence-electron chi connectivity index (χ2n) is 12.6. The molecule has 0 bridgehead atoms. The van der Waals surface area contributed by atoms with Crippen molar-refractivity contribution in [2.24, 2.45) is 0 Å². The van der Waals surface area contributed by atoms with E-state index < -0.39 is 19.5 Å². The van der Waals surface area contributed by atoms with Crippen molar-refractivity contribution in [2.75, 3.05) is 30.3 Å². The van der Waals surface area contributed by atoms with E-state index in [-0.39, 0.29) is 43.8 Å². The van der Waals surface area contributed by atoms with Crippen molar-refractivity contribution in [3.05, 3.63) is 115 Å². The zero-order chi connectivity index (χ0) is 36.0. The van der Waals surface area contributed by atoms with Gasteiger partial charge >= 0.3 is 13.9 Å². The average Bonchev–Trinajstić information content (AvgIpc) is 3.60. The van der Waals surface area contributed by atoms with Crippen LogP contribution in [0.2, 0.25) is 0 Å². The lowest BCUT2D eigenvalue weighted by Crippen LogP contribution is -2.53. The van der Waals surface area contributed by atoms with Crippen LogP contribution >= 0.6 is 7.82 Å². The summed E-state index contributed by atoms with van der Waals surface area (Å²) in [6.07, 6.45) is 2.63. The Bertz CT molecular complexity index is 1990. The molecule has 0 aliphatic carbocycles. The van der Waals surface area contributed by atoms with Crippen molar-refractivity contribution in [3.8, 4) is 22.7 Å². The van der Waals surface area contributed by atoms with E-state index in [9.17, 15) is 14.2 Å². The molecule has 1 aliphatic rings. The zero-order valence-electron chi connectivity index (χ0n) is 28.4. The highest BCUT2D eigenvalue weighted by Crippen LogP contribution is 2.52. The molecule has 15 heteroatoms. The molecule has 2 amide bonds. The van der Waals surface area contributed by atoms with Crippen molar-refractivity contribution >= 4 is 31.3 Å². The van der Waals surface area contributed by atoms with E-state index in [0.29, 0.717) is 29.2 Å². The van der Waals surface area contributed by atoms with Crippen molar-refractivity contribution < 1.29 is 32.5 Å². The number of nitrogens with two attached hydrogens (primary N) is 1. The fourth-order valence-electron chi connectivity index (χ4n) is 5.14. The number of nitrogens with zero attached hydrogens (tertiary/aromatic N) is 6. The van der Waals surface area contributed by atoms with Gasteiger partial charge in [0.1, 0.15) is 23.6 Å². The normalized spacial score (nSPS) is 13.7. The van der Waals surface area contributed by atoms with Gasteiger partial charge in [-0.1, -0.05) is 72.8 Å². The van der Waals surface area contributed by atoms with Crippen molar-refractivity contribution in [3.63, 3.8) is 0 Å². The summed E-state index contributed by atoms with van der Waals surface area (Å²) >= 11 is 0. The summed E-state index contributed by atoms with van der Waals surface area (Å²) < 4.78 is 38.8. The van der Waals surface area contributed by atoms with Gasteiger partial charge in [-0.15, -0.1) is 10.2 Å². The largest absolute Gasteiger partial charge is 0.530 e. The van der Waals surface area contributed by atoms with Gasteiger partial charge in [0.05, 0.1) is 37.0 Å². The lowest BCUT2D eigenvalue weighted by Gasteiger charge is -2.34. The molecule has 1 aliphatic heterocycles. The Kier molecular flexibility index (Phi) is 10.5. The molecule has 0 spiro atoms. The number of phosphoric ester groups is 1. The summed E-state index contributed by atoms with van der Waals surface area (Å²) in [5.74, 6) is -0.0230. The quantitative estimate of drug-likeness (QED) is 0.150. The van der Waals surface area contributed by atoms with Gasteiger partial charge in [0.15, 0.2) is 5.82 Å². The number of amides is 2. The van der Waals surface area contributed by atoms with Crippen molar-refractivity contribution in [1.82, 2.24) is 24.9 Å². The summed E-state index contributed by atoms with van der Waals surface area (Å²) in [7, 11) is -4.20. The smallest absolute Gasteiger partial charge is 0.444 e. The molecule has 14 nitrogen and oxygen atoms in total. The minimum absolute atomic E-state index is 0.0128. The Morgan fingerprint density at radius 3 is 2.14 bits per heavy atom. The standard InChI is InChI=1S/C36H38N7O7P/c1-36(2,3)49-35(45)41-18-19-42(33(44)23-41)28-21-38-43(22-28)31-20-30(39-40-34(31)37)29-16-10-11-17-32(29)50-51(46,47-24-26-12-6-4-7-13-26)48-25-27-14-8-5-9-15-27/h4-17,20-22H,18-19,23-25H2,1-3H3,(H2,37,40). The Morgan fingerprint density at radius 2 is 1.51 bits per heavy atom. The highest BCUT2D eigenvalue weighted by molar-refractivity contribution is 7.48. The molecule has 1 fully saturated rings. The Labute approximate surface area is 295 Å². The van der Waals surface area contributed by atoms with E-state index in [4.69, 9.17) is 24.0 Å². The van der Waals surface area contributed by atoms with Gasteiger partial charge < -0.3 is 19.9 Å². The Morgan fingerprint density at radius 1 is 0.882 bits per heavy atom. The second kappa shape index (κ2) is 15.1. The fourth-order valence-corrected chi connectivity index (χ4v) is 6.34. The van der Waals surface area contributed by atoms with Crippen LogP contribution in [-0.4, -0.2) is 62.1 Å². The lowest BCUT2D eigenvalue weighted by molar-refractivity contribution is -0.121. The number of hydrogen-bond donors (Lipinski definition) is 1. The number of piperazine rings is 1. The minimum Gasteiger partial charge on any atom is -0.444 e. The van der Waals surface area contributed by atoms with Crippen molar-refractivity contribution in [2.45, 2.75) is 39.6 Å². The molecular weight excluding hydrogens is 673 g/mol. The second-order valence-corrected chi connectivity index (χ2v) is 14.2. The number of phosphoric acid groups is 1. The van der Waals surface area contributed by atoms with Gasteiger partial charge in [-0.25, -0.2) is 14.0 Å². The van der Waals surface area contributed by atoms with Gasteiger partial charge in [-0.05, 0) is 50.1 Å².